The fraction of sp³-hybridized carbons (Fsp3) is 0.174. The van der Waals surface area contributed by atoms with Crippen LogP contribution in [0.15, 0.2) is 76.5 Å². The number of carbonyl (C=O) groups excluding carboxylic acids is 1. The molecule has 3 aromatic carbocycles. The van der Waals surface area contributed by atoms with Gasteiger partial charge in [-0.3, -0.25) is 14.9 Å². The quantitative estimate of drug-likeness (QED) is 0.242. The summed E-state index contributed by atoms with van der Waals surface area (Å²) >= 11 is 4.59. The number of ether oxygens (including phenoxy) is 2. The Morgan fingerprint density at radius 2 is 1.66 bits per heavy atom. The third kappa shape index (κ3) is 3.96. The van der Waals surface area contributed by atoms with Gasteiger partial charge in [0, 0.05) is 5.56 Å². The first-order valence-electron chi connectivity index (χ1n) is 10.4. The third-order valence-electron chi connectivity index (χ3n) is 5.76. The molecule has 2 aliphatic rings. The molecule has 2 heterocycles. The summed E-state index contributed by atoms with van der Waals surface area (Å²) in [5.41, 5.74) is 1.09. The molecule has 5 rings (SSSR count). The number of hydrogen-bond donors (Lipinski definition) is 1. The highest BCUT2D eigenvalue weighted by Gasteiger charge is 2.56. The zero-order valence-corrected chi connectivity index (χ0v) is 21.7. The lowest BCUT2D eigenvalue weighted by molar-refractivity contribution is -0.256. The predicted molar refractivity (Wildman–Crippen MR) is 134 cm³/mol. The first kappa shape index (κ1) is 24.3. The number of amides is 1. The summed E-state index contributed by atoms with van der Waals surface area (Å²) in [6.07, 6.45) is 0.576. The van der Waals surface area contributed by atoms with Gasteiger partial charge in [-0.25, -0.2) is 11.5 Å². The average Bonchev–Trinajstić information content (AvgIpc) is 3.11. The Morgan fingerprint density at radius 3 is 2.31 bits per heavy atom. The number of benzene rings is 3. The van der Waals surface area contributed by atoms with Crippen molar-refractivity contribution in [3.63, 3.8) is 0 Å². The lowest BCUT2D eigenvalue weighted by atomic mass is 10.1. The van der Waals surface area contributed by atoms with Crippen LogP contribution >= 0.6 is 33.1 Å². The van der Waals surface area contributed by atoms with Gasteiger partial charge >= 0.3 is 0 Å². The molecule has 1 fully saturated rings. The molecule has 0 saturated carbocycles. The van der Waals surface area contributed by atoms with Crippen molar-refractivity contribution in [2.24, 2.45) is 0 Å². The molecule has 1 spiro atoms. The second-order valence-electron chi connectivity index (χ2n) is 7.77. The molecule has 35 heavy (non-hydrogen) atoms. The van der Waals surface area contributed by atoms with Crippen LogP contribution in [-0.2, 0) is 33.0 Å². The molecule has 0 atom stereocenters. The van der Waals surface area contributed by atoms with Gasteiger partial charge in [-0.15, -0.1) is 0 Å². The number of rotatable bonds is 5. The Morgan fingerprint density at radius 1 is 0.971 bits per heavy atom. The molecular formula is C23H18ClIN2O7S. The van der Waals surface area contributed by atoms with Crippen molar-refractivity contribution in [1.29, 1.82) is 0 Å². The van der Waals surface area contributed by atoms with E-state index in [9.17, 15) is 21.5 Å². The molecule has 182 valence electrons. The minimum absolute atomic E-state index is 0.00834. The van der Waals surface area contributed by atoms with E-state index >= 15 is 0 Å². The van der Waals surface area contributed by atoms with Crippen molar-refractivity contribution in [2.75, 3.05) is 21.4 Å². The fourth-order valence-electron chi connectivity index (χ4n) is 4.13. The number of nitrogens with zero attached hydrogens (tertiary/aromatic N) is 2. The second-order valence-corrected chi connectivity index (χ2v) is 11.4. The monoisotopic (exact) mass is 628 g/mol. The number of anilines is 3. The molecular weight excluding hydrogens is 611 g/mol. The van der Waals surface area contributed by atoms with E-state index < -0.39 is 43.0 Å². The van der Waals surface area contributed by atoms with Gasteiger partial charge in [-0.1, -0.05) is 29.8 Å². The van der Waals surface area contributed by atoms with Gasteiger partial charge in [0.1, 0.15) is 0 Å². The first-order chi connectivity index (χ1) is 16.8. The van der Waals surface area contributed by atoms with E-state index in [1.165, 1.54) is 53.4 Å². The molecule has 0 radical (unpaired) electrons. The van der Waals surface area contributed by atoms with Crippen molar-refractivity contribution < 1.29 is 31.0 Å². The minimum Gasteiger partial charge on any atom is -0.338 e. The molecule has 0 aromatic heterocycles. The Labute approximate surface area is 216 Å². The van der Waals surface area contributed by atoms with Gasteiger partial charge in [-0.2, -0.15) is 3.28 Å². The van der Waals surface area contributed by atoms with Crippen molar-refractivity contribution in [1.82, 2.24) is 0 Å². The highest BCUT2D eigenvalue weighted by Crippen LogP contribution is 2.50. The van der Waals surface area contributed by atoms with Gasteiger partial charge < -0.3 is 9.47 Å². The van der Waals surface area contributed by atoms with E-state index in [0.717, 1.165) is 0 Å². The van der Waals surface area contributed by atoms with E-state index in [-0.39, 0.29) is 45.0 Å². The first-order valence-corrected chi connectivity index (χ1v) is 14.1. The summed E-state index contributed by atoms with van der Waals surface area (Å²) in [4.78, 5) is 15.2. The summed E-state index contributed by atoms with van der Waals surface area (Å²) in [5, 5.41) is 9.86. The summed E-state index contributed by atoms with van der Waals surface area (Å²) < 4.78 is 50.0. The van der Waals surface area contributed by atoms with Crippen LogP contribution < -0.4 is 8.18 Å². The number of halogens is 2. The van der Waals surface area contributed by atoms with Crippen LogP contribution in [0.5, 0.6) is 0 Å². The van der Waals surface area contributed by atoms with Gasteiger partial charge in [0.05, 0.1) is 45.1 Å². The maximum Gasteiger partial charge on any atom is 0.300 e. The summed E-state index contributed by atoms with van der Waals surface area (Å²) in [5.74, 6) is -2.39. The normalized spacial score (nSPS) is 17.0. The van der Waals surface area contributed by atoms with Gasteiger partial charge in [0.15, 0.2) is 0 Å². The topological polar surface area (TPSA) is 113 Å². The van der Waals surface area contributed by atoms with Gasteiger partial charge in [0.2, 0.25) is 9.84 Å². The summed E-state index contributed by atoms with van der Waals surface area (Å²) in [7, 11) is -3.87. The third-order valence-corrected chi connectivity index (χ3v) is 8.76. The molecule has 1 amide bonds. The molecule has 3 aromatic rings. The largest absolute Gasteiger partial charge is 0.338 e. The van der Waals surface area contributed by atoms with Crippen LogP contribution in [0.25, 0.3) is 0 Å². The number of carbonyl (C=O) groups is 1. The molecule has 1 saturated heterocycles. The Kier molecular flexibility index (Phi) is 6.40. The maximum atomic E-state index is 13.8. The highest BCUT2D eigenvalue weighted by atomic mass is 127. The summed E-state index contributed by atoms with van der Waals surface area (Å²) in [6, 6.07) is 16.7. The molecule has 0 bridgehead atoms. The molecule has 2 aliphatic heterocycles. The zero-order chi connectivity index (χ0) is 24.8. The van der Waals surface area contributed by atoms with Gasteiger partial charge in [0.25, 0.3) is 33.2 Å². The number of hydrogen-bond acceptors (Lipinski definition) is 7. The molecule has 0 unspecified atom stereocenters. The van der Waals surface area contributed by atoms with Crippen molar-refractivity contribution in [3.05, 3.63) is 77.3 Å². The van der Waals surface area contributed by atoms with Crippen LogP contribution in [0.4, 0.5) is 17.1 Å². The second kappa shape index (κ2) is 9.22. The zero-order valence-electron chi connectivity index (χ0n) is 17.9. The van der Waals surface area contributed by atoms with E-state index in [4.69, 9.17) is 21.1 Å². The van der Waals surface area contributed by atoms with Crippen molar-refractivity contribution >= 4 is 65.9 Å². The van der Waals surface area contributed by atoms with E-state index in [1.54, 1.807) is 18.2 Å². The smallest absolute Gasteiger partial charge is 0.300 e. The maximum absolute atomic E-state index is 13.8. The van der Waals surface area contributed by atoms with E-state index in [2.05, 4.69) is 0 Å². The number of fused-ring (bicyclic) bond motifs is 2. The minimum atomic E-state index is -3.87. The fourth-order valence-corrected chi connectivity index (χ4v) is 6.23. The van der Waals surface area contributed by atoms with Crippen LogP contribution in [0.3, 0.4) is 0 Å². The molecule has 12 heteroatoms. The highest BCUT2D eigenvalue weighted by molar-refractivity contribution is 14.1. The van der Waals surface area contributed by atoms with Crippen molar-refractivity contribution in [2.45, 2.75) is 22.0 Å². The van der Waals surface area contributed by atoms with Crippen LogP contribution in [0.2, 0.25) is 5.02 Å². The lowest BCUT2D eigenvalue weighted by Gasteiger charge is -2.32. The Hall–Kier alpha value is -2.42. The number of sulfone groups is 1. The SMILES string of the molecule is O=IN(O)c1ccc(N2C(=O)C3(OCCCO3)c3cc(S(=O)(=O)c4ccccc4)ccc32)c(Cl)c1. The van der Waals surface area contributed by atoms with Crippen LogP contribution in [0, 0.1) is 0 Å². The Balaban J connectivity index is 1.67. The van der Waals surface area contributed by atoms with E-state index in [0.29, 0.717) is 15.4 Å². The Bertz CT molecular complexity index is 1430. The van der Waals surface area contributed by atoms with Crippen LogP contribution in [0.1, 0.15) is 12.0 Å². The van der Waals surface area contributed by atoms with Crippen LogP contribution in [-0.4, -0.2) is 32.7 Å². The average molecular weight is 629 g/mol. The predicted octanol–water partition coefficient (Wildman–Crippen LogP) is 4.87. The standard InChI is InChI=1S/C23H18ClIN2O7S/c24-19-13-15(27(30)25-29)7-9-21(19)26-20-10-8-17(35(31,32)16-5-2-1-3-6-16)14-18(20)23(22(26)28)33-11-4-12-34-23/h1-3,5-10,13-14,30H,4,11-12H2. The van der Waals surface area contributed by atoms with E-state index in [1.807, 2.05) is 0 Å². The molecule has 9 nitrogen and oxygen atoms in total. The molecule has 0 aliphatic carbocycles. The molecule has 1 N–H and O–H groups in total. The van der Waals surface area contributed by atoms with Gasteiger partial charge in [-0.05, 0) is 55.0 Å². The summed E-state index contributed by atoms with van der Waals surface area (Å²) in [6.45, 7) is 0.488. The van der Waals surface area contributed by atoms with Crippen molar-refractivity contribution in [3.8, 4) is 0 Å². The lowest BCUT2D eigenvalue weighted by Crippen LogP contribution is -2.46.